The minimum absolute atomic E-state index is 0.0462. The summed E-state index contributed by atoms with van der Waals surface area (Å²) in [5.74, 6) is 0.113. The maximum atomic E-state index is 10.5. The van der Waals surface area contributed by atoms with E-state index in [0.29, 0.717) is 6.42 Å². The number of aliphatic hydroxyl groups is 1. The third-order valence-electron chi connectivity index (χ3n) is 5.94. The molecule has 0 spiro atoms. The summed E-state index contributed by atoms with van der Waals surface area (Å²) in [7, 11) is -2.60. The molecular formula is C23H28O3Si. The van der Waals surface area contributed by atoms with Gasteiger partial charge in [-0.15, -0.1) is 0 Å². The molecule has 4 atom stereocenters. The highest BCUT2D eigenvalue weighted by Gasteiger charge is 2.55. The van der Waals surface area contributed by atoms with Crippen LogP contribution in [0.25, 0.3) is 0 Å². The van der Waals surface area contributed by atoms with E-state index >= 15 is 0 Å². The minimum Gasteiger partial charge on any atom is -0.495 e. The number of aliphatic hydroxyl groups excluding tert-OH is 1. The maximum Gasteiger partial charge on any atom is 0.261 e. The van der Waals surface area contributed by atoms with E-state index in [0.717, 1.165) is 0 Å². The summed E-state index contributed by atoms with van der Waals surface area (Å²) in [6, 6.07) is 21.3. The van der Waals surface area contributed by atoms with Gasteiger partial charge in [-0.3, -0.25) is 0 Å². The summed E-state index contributed by atoms with van der Waals surface area (Å²) in [6.07, 6.45) is 3.70. The number of hydrogen-bond acceptors (Lipinski definition) is 3. The maximum absolute atomic E-state index is 10.5. The van der Waals surface area contributed by atoms with Gasteiger partial charge in [0.05, 0.1) is 18.5 Å². The third-order valence-corrected chi connectivity index (χ3v) is 11.0. The Labute approximate surface area is 162 Å². The molecule has 0 bridgehead atoms. The molecule has 2 aliphatic rings. The molecule has 0 aromatic heterocycles. The largest absolute Gasteiger partial charge is 0.495 e. The van der Waals surface area contributed by atoms with E-state index in [4.69, 9.17) is 9.16 Å². The zero-order valence-electron chi connectivity index (χ0n) is 16.2. The molecule has 4 rings (SSSR count). The first-order valence-electron chi connectivity index (χ1n) is 9.72. The monoisotopic (exact) mass is 380 g/mol. The Hall–Kier alpha value is -1.88. The highest BCUT2D eigenvalue weighted by atomic mass is 28.4. The van der Waals surface area contributed by atoms with Crippen LogP contribution >= 0.6 is 0 Å². The lowest BCUT2D eigenvalue weighted by atomic mass is 10.1. The second-order valence-corrected chi connectivity index (χ2v) is 12.9. The van der Waals surface area contributed by atoms with Crippen molar-refractivity contribution in [2.24, 2.45) is 5.92 Å². The molecule has 1 saturated carbocycles. The molecule has 1 N–H and O–H groups in total. The van der Waals surface area contributed by atoms with Crippen molar-refractivity contribution in [2.45, 2.75) is 50.5 Å². The topological polar surface area (TPSA) is 38.7 Å². The molecule has 1 fully saturated rings. The fraction of sp³-hybridized carbons (Fsp3) is 0.391. The molecule has 0 radical (unpaired) electrons. The van der Waals surface area contributed by atoms with Gasteiger partial charge in [0.25, 0.3) is 8.32 Å². The molecular weight excluding hydrogens is 352 g/mol. The lowest BCUT2D eigenvalue weighted by Crippen LogP contribution is -2.68. The van der Waals surface area contributed by atoms with Crippen molar-refractivity contribution in [3.63, 3.8) is 0 Å². The van der Waals surface area contributed by atoms with Crippen molar-refractivity contribution in [1.82, 2.24) is 0 Å². The van der Waals surface area contributed by atoms with Crippen LogP contribution in [0, 0.1) is 5.92 Å². The normalized spacial score (nSPS) is 27.4. The van der Waals surface area contributed by atoms with Crippen LogP contribution in [-0.2, 0) is 9.16 Å². The fourth-order valence-electron chi connectivity index (χ4n) is 4.68. The molecule has 0 amide bonds. The van der Waals surface area contributed by atoms with Crippen molar-refractivity contribution < 1.29 is 14.3 Å². The van der Waals surface area contributed by atoms with Crippen molar-refractivity contribution in [2.75, 3.05) is 0 Å². The standard InChI is InChI=1S/C23H28O3Si/c1-23(2,3)27(17-10-6-4-7-11-17,18-12-8-5-9-13-18)26-21-16-20(24)22-19(21)14-15-25-22/h4-15,19-22,24H,16H2,1-3H3/t19-,20+,21+,22-/m0/s1. The SMILES string of the molecule is CC(C)(C)[Si](O[C@@H]1C[C@@H](O)[C@H]2OC=C[C@H]21)(c1ccccc1)c1ccccc1. The Morgan fingerprint density at radius 1 is 0.963 bits per heavy atom. The van der Waals surface area contributed by atoms with Crippen LogP contribution in [0.5, 0.6) is 0 Å². The van der Waals surface area contributed by atoms with Crippen molar-refractivity contribution >= 4 is 18.7 Å². The Morgan fingerprint density at radius 2 is 1.52 bits per heavy atom. The molecule has 4 heteroatoms. The molecule has 1 heterocycles. The Morgan fingerprint density at radius 3 is 2.04 bits per heavy atom. The number of ether oxygens (including phenoxy) is 1. The van der Waals surface area contributed by atoms with Gasteiger partial charge in [-0.25, -0.2) is 0 Å². The first-order chi connectivity index (χ1) is 12.9. The van der Waals surface area contributed by atoms with Crippen molar-refractivity contribution in [3.8, 4) is 0 Å². The van der Waals surface area contributed by atoms with E-state index in [1.54, 1.807) is 6.26 Å². The molecule has 0 saturated heterocycles. The Bertz CT molecular complexity index is 758. The number of benzene rings is 2. The summed E-state index contributed by atoms with van der Waals surface area (Å²) in [5.41, 5.74) is 0. The van der Waals surface area contributed by atoms with Gasteiger partial charge in [0.2, 0.25) is 0 Å². The average Bonchev–Trinajstić information content (AvgIpc) is 3.25. The average molecular weight is 381 g/mol. The van der Waals surface area contributed by atoms with Gasteiger partial charge in [-0.05, 0) is 21.5 Å². The molecule has 2 aromatic rings. The van der Waals surface area contributed by atoms with Crippen LogP contribution in [0.15, 0.2) is 73.0 Å². The van der Waals surface area contributed by atoms with E-state index in [1.165, 1.54) is 10.4 Å². The van der Waals surface area contributed by atoms with E-state index < -0.39 is 14.4 Å². The van der Waals surface area contributed by atoms with E-state index in [1.807, 2.05) is 0 Å². The molecule has 3 nitrogen and oxygen atoms in total. The van der Waals surface area contributed by atoms with Gasteiger partial charge in [0.15, 0.2) is 0 Å². The van der Waals surface area contributed by atoms with E-state index in [-0.39, 0.29) is 23.2 Å². The molecule has 27 heavy (non-hydrogen) atoms. The molecule has 1 aliphatic heterocycles. The molecule has 1 aliphatic carbocycles. The predicted molar refractivity (Wildman–Crippen MR) is 111 cm³/mol. The molecule has 2 aromatic carbocycles. The summed E-state index contributed by atoms with van der Waals surface area (Å²) in [6.45, 7) is 6.84. The summed E-state index contributed by atoms with van der Waals surface area (Å²) < 4.78 is 12.8. The molecule has 142 valence electrons. The summed E-state index contributed by atoms with van der Waals surface area (Å²) >= 11 is 0. The van der Waals surface area contributed by atoms with Crippen LogP contribution in [0.1, 0.15) is 27.2 Å². The van der Waals surface area contributed by atoms with Crippen LogP contribution in [-0.4, -0.2) is 31.7 Å². The van der Waals surface area contributed by atoms with Gasteiger partial charge in [0, 0.05) is 12.3 Å². The first-order valence-corrected chi connectivity index (χ1v) is 11.6. The van der Waals surface area contributed by atoms with Gasteiger partial charge in [0.1, 0.15) is 6.10 Å². The zero-order chi connectivity index (χ0) is 19.1. The predicted octanol–water partition coefficient (Wildman–Crippen LogP) is 3.22. The van der Waals surface area contributed by atoms with Gasteiger partial charge < -0.3 is 14.3 Å². The van der Waals surface area contributed by atoms with E-state index in [2.05, 4.69) is 87.5 Å². The summed E-state index contributed by atoms with van der Waals surface area (Å²) in [5, 5.41) is 12.9. The second kappa shape index (κ2) is 6.93. The first kappa shape index (κ1) is 18.5. The smallest absolute Gasteiger partial charge is 0.261 e. The lowest BCUT2D eigenvalue weighted by Gasteiger charge is -2.45. The van der Waals surface area contributed by atoms with Gasteiger partial charge in [-0.2, -0.15) is 0 Å². The van der Waals surface area contributed by atoms with Crippen LogP contribution in [0.2, 0.25) is 5.04 Å². The van der Waals surface area contributed by atoms with Crippen molar-refractivity contribution in [3.05, 3.63) is 73.0 Å². The highest BCUT2D eigenvalue weighted by molar-refractivity contribution is 6.99. The van der Waals surface area contributed by atoms with Crippen molar-refractivity contribution in [1.29, 1.82) is 0 Å². The number of rotatable bonds is 4. The fourth-order valence-corrected chi connectivity index (χ4v) is 9.41. The number of hydrogen-bond donors (Lipinski definition) is 1. The zero-order valence-corrected chi connectivity index (χ0v) is 17.2. The highest BCUT2D eigenvalue weighted by Crippen LogP contribution is 2.43. The number of fused-ring (bicyclic) bond motifs is 1. The third kappa shape index (κ3) is 3.06. The van der Waals surface area contributed by atoms with Crippen LogP contribution < -0.4 is 10.4 Å². The minimum atomic E-state index is -2.60. The Balaban J connectivity index is 1.84. The summed E-state index contributed by atoms with van der Waals surface area (Å²) in [4.78, 5) is 0. The van der Waals surface area contributed by atoms with E-state index in [9.17, 15) is 5.11 Å². The van der Waals surface area contributed by atoms with Gasteiger partial charge >= 0.3 is 0 Å². The second-order valence-electron chi connectivity index (χ2n) is 8.63. The lowest BCUT2D eigenvalue weighted by molar-refractivity contribution is 0.0317. The van der Waals surface area contributed by atoms with Gasteiger partial charge in [-0.1, -0.05) is 81.4 Å². The van der Waals surface area contributed by atoms with Crippen LogP contribution in [0.3, 0.4) is 0 Å². The quantitative estimate of drug-likeness (QED) is 0.828. The van der Waals surface area contributed by atoms with Crippen LogP contribution in [0.4, 0.5) is 0 Å². The Kier molecular flexibility index (Phi) is 4.74. The molecule has 0 unspecified atom stereocenters.